The van der Waals surface area contributed by atoms with E-state index in [1.807, 2.05) is 6.92 Å². The quantitative estimate of drug-likeness (QED) is 0.792. The van der Waals surface area contributed by atoms with E-state index in [9.17, 15) is 14.4 Å². The van der Waals surface area contributed by atoms with E-state index in [0.717, 1.165) is 5.56 Å². The van der Waals surface area contributed by atoms with Gasteiger partial charge in [0, 0.05) is 31.1 Å². The molecule has 0 saturated heterocycles. The van der Waals surface area contributed by atoms with Crippen LogP contribution in [0.25, 0.3) is 0 Å². The number of amides is 2. The lowest BCUT2D eigenvalue weighted by Crippen LogP contribution is -2.25. The van der Waals surface area contributed by atoms with Crippen LogP contribution in [-0.2, 0) is 9.59 Å². The van der Waals surface area contributed by atoms with Crippen molar-refractivity contribution in [2.24, 2.45) is 0 Å². The minimum atomic E-state index is -0.197. The van der Waals surface area contributed by atoms with Crippen LogP contribution >= 0.6 is 0 Å². The maximum atomic E-state index is 11.7. The number of ketones is 1. The summed E-state index contributed by atoms with van der Waals surface area (Å²) in [7, 11) is 0. The predicted molar refractivity (Wildman–Crippen MR) is 73.1 cm³/mol. The second-order valence-corrected chi connectivity index (χ2v) is 4.37. The van der Waals surface area contributed by atoms with E-state index in [4.69, 9.17) is 0 Å². The molecule has 1 rings (SSSR count). The summed E-state index contributed by atoms with van der Waals surface area (Å²) in [6.07, 6.45) is 0.198. The SMILES string of the molecule is CC(=O)NCCC(=O)Nc1cc(C(C)=O)ccc1C. The molecule has 1 aromatic rings. The molecular formula is C14H18N2O3. The Morgan fingerprint density at radius 3 is 2.42 bits per heavy atom. The predicted octanol–water partition coefficient (Wildman–Crippen LogP) is 1.66. The third-order valence-electron chi connectivity index (χ3n) is 2.64. The Balaban J connectivity index is 2.65. The van der Waals surface area contributed by atoms with Crippen LogP contribution in [-0.4, -0.2) is 24.1 Å². The molecule has 0 spiro atoms. The first kappa shape index (κ1) is 14.9. The van der Waals surface area contributed by atoms with E-state index in [1.54, 1.807) is 18.2 Å². The molecule has 2 N–H and O–H groups in total. The average molecular weight is 262 g/mol. The third kappa shape index (κ3) is 4.91. The summed E-state index contributed by atoms with van der Waals surface area (Å²) in [4.78, 5) is 33.6. The number of aryl methyl sites for hydroxylation is 1. The van der Waals surface area contributed by atoms with Crippen LogP contribution in [0.1, 0.15) is 36.2 Å². The number of nitrogens with one attached hydrogen (secondary N) is 2. The van der Waals surface area contributed by atoms with Gasteiger partial charge >= 0.3 is 0 Å². The monoisotopic (exact) mass is 262 g/mol. The van der Waals surface area contributed by atoms with Crippen LogP contribution in [0.2, 0.25) is 0 Å². The van der Waals surface area contributed by atoms with Gasteiger partial charge < -0.3 is 10.6 Å². The van der Waals surface area contributed by atoms with E-state index in [1.165, 1.54) is 13.8 Å². The van der Waals surface area contributed by atoms with Crippen molar-refractivity contribution in [1.82, 2.24) is 5.32 Å². The minimum absolute atomic E-state index is 0.0475. The molecule has 0 aliphatic carbocycles. The summed E-state index contributed by atoms with van der Waals surface area (Å²) < 4.78 is 0. The zero-order valence-corrected chi connectivity index (χ0v) is 11.4. The van der Waals surface area contributed by atoms with Crippen molar-refractivity contribution < 1.29 is 14.4 Å². The molecule has 102 valence electrons. The van der Waals surface area contributed by atoms with E-state index in [2.05, 4.69) is 10.6 Å². The van der Waals surface area contributed by atoms with Crippen LogP contribution < -0.4 is 10.6 Å². The van der Waals surface area contributed by atoms with Gasteiger partial charge in [0.05, 0.1) is 0 Å². The lowest BCUT2D eigenvalue weighted by Gasteiger charge is -2.10. The van der Waals surface area contributed by atoms with E-state index >= 15 is 0 Å². The highest BCUT2D eigenvalue weighted by Crippen LogP contribution is 2.17. The fourth-order valence-corrected chi connectivity index (χ4v) is 1.54. The number of hydrogen-bond acceptors (Lipinski definition) is 3. The largest absolute Gasteiger partial charge is 0.356 e. The van der Waals surface area contributed by atoms with Gasteiger partial charge in [-0.05, 0) is 25.5 Å². The highest BCUT2D eigenvalue weighted by atomic mass is 16.2. The first-order chi connectivity index (χ1) is 8.90. The molecule has 0 aliphatic heterocycles. The number of hydrogen-bond donors (Lipinski definition) is 2. The fourth-order valence-electron chi connectivity index (χ4n) is 1.54. The van der Waals surface area contributed by atoms with Gasteiger partial charge in [0.1, 0.15) is 0 Å². The zero-order valence-electron chi connectivity index (χ0n) is 11.4. The molecule has 5 heteroatoms. The summed E-state index contributed by atoms with van der Waals surface area (Å²) in [5, 5.41) is 5.29. The number of anilines is 1. The molecule has 0 bridgehead atoms. The highest BCUT2D eigenvalue weighted by molar-refractivity contribution is 5.97. The van der Waals surface area contributed by atoms with Gasteiger partial charge in [-0.1, -0.05) is 12.1 Å². The zero-order chi connectivity index (χ0) is 14.4. The standard InChI is InChI=1S/C14H18N2O3/c1-9-4-5-12(10(2)17)8-13(9)16-14(19)6-7-15-11(3)18/h4-5,8H,6-7H2,1-3H3,(H,15,18)(H,16,19). The van der Waals surface area contributed by atoms with Crippen molar-refractivity contribution in [3.05, 3.63) is 29.3 Å². The number of Topliss-reactive ketones (excluding diaryl/α,β-unsaturated/α-hetero) is 1. The van der Waals surface area contributed by atoms with Gasteiger partial charge in [0.15, 0.2) is 5.78 Å². The van der Waals surface area contributed by atoms with Crippen molar-refractivity contribution in [2.45, 2.75) is 27.2 Å². The average Bonchev–Trinajstić information content (AvgIpc) is 2.31. The molecule has 0 unspecified atom stereocenters. The Morgan fingerprint density at radius 2 is 1.84 bits per heavy atom. The maximum Gasteiger partial charge on any atom is 0.226 e. The van der Waals surface area contributed by atoms with Gasteiger partial charge in [0.25, 0.3) is 0 Å². The van der Waals surface area contributed by atoms with Crippen LogP contribution in [0, 0.1) is 6.92 Å². The fraction of sp³-hybridized carbons (Fsp3) is 0.357. The van der Waals surface area contributed by atoms with Gasteiger partial charge in [-0.15, -0.1) is 0 Å². The van der Waals surface area contributed by atoms with Crippen LogP contribution in [0.3, 0.4) is 0 Å². The topological polar surface area (TPSA) is 75.3 Å². The molecule has 5 nitrogen and oxygen atoms in total. The highest BCUT2D eigenvalue weighted by Gasteiger charge is 2.07. The number of carbonyl (C=O) groups excluding carboxylic acids is 3. The summed E-state index contributed by atoms with van der Waals surface area (Å²) in [6.45, 7) is 5.03. The number of carbonyl (C=O) groups is 3. The second-order valence-electron chi connectivity index (χ2n) is 4.37. The molecule has 0 fully saturated rings. The van der Waals surface area contributed by atoms with Crippen molar-refractivity contribution in [3.63, 3.8) is 0 Å². The normalized spacial score (nSPS) is 9.84. The molecule has 0 heterocycles. The second kappa shape index (κ2) is 6.68. The smallest absolute Gasteiger partial charge is 0.226 e. The summed E-state index contributed by atoms with van der Waals surface area (Å²) in [5.74, 6) is -0.408. The van der Waals surface area contributed by atoms with Crippen LogP contribution in [0.15, 0.2) is 18.2 Å². The van der Waals surface area contributed by atoms with Crippen molar-refractivity contribution in [1.29, 1.82) is 0 Å². The van der Waals surface area contributed by atoms with Crippen molar-refractivity contribution >= 4 is 23.3 Å². The van der Waals surface area contributed by atoms with Gasteiger partial charge in [-0.3, -0.25) is 14.4 Å². The summed E-state index contributed by atoms with van der Waals surface area (Å²) in [6, 6.07) is 5.18. The molecular weight excluding hydrogens is 244 g/mol. The molecule has 19 heavy (non-hydrogen) atoms. The van der Waals surface area contributed by atoms with Crippen LogP contribution in [0.5, 0.6) is 0 Å². The van der Waals surface area contributed by atoms with Gasteiger partial charge in [-0.25, -0.2) is 0 Å². The van der Waals surface area contributed by atoms with E-state index in [-0.39, 0.29) is 24.0 Å². The van der Waals surface area contributed by atoms with Crippen LogP contribution in [0.4, 0.5) is 5.69 Å². The maximum absolute atomic E-state index is 11.7. The molecule has 1 aromatic carbocycles. The van der Waals surface area contributed by atoms with E-state index in [0.29, 0.717) is 17.8 Å². The summed E-state index contributed by atoms with van der Waals surface area (Å²) in [5.41, 5.74) is 2.07. The van der Waals surface area contributed by atoms with Gasteiger partial charge in [0.2, 0.25) is 11.8 Å². The lowest BCUT2D eigenvalue weighted by molar-refractivity contribution is -0.119. The molecule has 0 aromatic heterocycles. The van der Waals surface area contributed by atoms with Crippen molar-refractivity contribution in [3.8, 4) is 0 Å². The Bertz CT molecular complexity index is 509. The molecule has 2 amide bonds. The Morgan fingerprint density at radius 1 is 1.16 bits per heavy atom. The molecule has 0 saturated carbocycles. The molecule has 0 atom stereocenters. The molecule has 0 aliphatic rings. The Hall–Kier alpha value is -2.17. The summed E-state index contributed by atoms with van der Waals surface area (Å²) >= 11 is 0. The first-order valence-electron chi connectivity index (χ1n) is 6.06. The number of benzene rings is 1. The minimum Gasteiger partial charge on any atom is -0.356 e. The first-order valence-corrected chi connectivity index (χ1v) is 6.06. The lowest BCUT2D eigenvalue weighted by atomic mass is 10.1. The van der Waals surface area contributed by atoms with Crippen molar-refractivity contribution in [2.75, 3.05) is 11.9 Å². The Labute approximate surface area is 112 Å². The third-order valence-corrected chi connectivity index (χ3v) is 2.64. The number of rotatable bonds is 5. The van der Waals surface area contributed by atoms with Gasteiger partial charge in [-0.2, -0.15) is 0 Å². The Kier molecular flexibility index (Phi) is 5.23. The molecule has 0 radical (unpaired) electrons. The van der Waals surface area contributed by atoms with E-state index < -0.39 is 0 Å².